The smallest absolute Gasteiger partial charge is 0 e. The van der Waals surface area contributed by atoms with Gasteiger partial charge in [0.1, 0.15) is 21.4 Å². The number of nitro groups is 2. The number of carbonyl (C=O) groups excluding carboxylic acids is 7. The van der Waals surface area contributed by atoms with Crippen LogP contribution in [0, 0.1) is 20.2 Å². The number of esters is 1. The van der Waals surface area contributed by atoms with Crippen molar-refractivity contribution in [2.75, 3.05) is 79.1 Å². The van der Waals surface area contributed by atoms with Crippen molar-refractivity contribution in [2.45, 2.75) is 91.5 Å². The number of carbonyl (C=O) groups is 9. The molecule has 0 spiro atoms. The standard InChI is InChI=1S/C25H24F3N3O4S.C16H17F3N4O2S.C10H9F3N2O3.C10H11F3N2O.C8H4F3NO4.C2H4O2.CH3Cl.2CH4.BrH.2Na.O4S2.2V/c1-15(9-21(32)35-14-16-7-5-4-6-8-16)23-29-13-20(36-23)22(33)30-19-11-17(24(34)31(2)3)10-18(12-19)25(26,27)28;1-8(20)14-21-7-12(26-14)13(24)22-11-5-9(15(25)23(2)3)4-10(6-11)16(17,18)19;1-14(2)9(16)6-3-7(10(11,12)13)5-8(4-6)15(17)18;1-15(2)9(16)6-3-7(10(11,12)13)5-8(14)4-6;9-8(10,11)5-1-4(7(13)14)2-6(3-5)12(15)16;1-2(3)4;1-2;;;;;;1-5(2)6(3)4;;/h4-8,10-13,15H,9,14H2,1-3H3,(H,30,33);4-8H,20H2,1-3H3,(H,22,24);3-5H,1-2H3;3-5H,14H2,1-2H3;1-3H,(H,13,14);1H3,(H,3,4);1H3;2*1H4;1H;;;;;. The summed E-state index contributed by atoms with van der Waals surface area (Å²) in [6.07, 6.45) is -19.3. The molecule has 32 nitrogen and oxygen atoms in total. The minimum Gasteiger partial charge on any atom is 0 e. The van der Waals surface area contributed by atoms with Gasteiger partial charge in [0.15, 0.2) is 0 Å². The van der Waals surface area contributed by atoms with Crippen molar-refractivity contribution in [3.05, 3.63) is 235 Å². The number of aliphatic carboxylic acids is 1. The molecule has 2 heterocycles. The molecule has 2 aromatic heterocycles. The van der Waals surface area contributed by atoms with E-state index >= 15 is 0 Å². The average molecular weight is 2130 g/mol. The molecule has 2 unspecified atom stereocenters. The Labute approximate surface area is 816 Å². The first-order valence-electron chi connectivity index (χ1n) is 34.4. The van der Waals surface area contributed by atoms with Crippen LogP contribution in [0.5, 0.6) is 0 Å². The van der Waals surface area contributed by atoms with Crippen LogP contribution in [0.25, 0.3) is 0 Å². The van der Waals surface area contributed by atoms with Crippen LogP contribution in [0.2, 0.25) is 0 Å². The quantitative estimate of drug-likeness (QED) is 0.00937. The third kappa shape index (κ3) is 48.4. The van der Waals surface area contributed by atoms with Gasteiger partial charge in [0.25, 0.3) is 52.8 Å². The van der Waals surface area contributed by atoms with E-state index in [9.17, 15) is 124 Å². The average Bonchev–Trinajstić information content (AvgIpc) is 1.70. The molecule has 0 aliphatic carbocycles. The minimum absolute atomic E-state index is 0. The largest absolute Gasteiger partial charge is 0 e. The number of hydrogen-bond acceptors (Lipinski definition) is 24. The van der Waals surface area contributed by atoms with E-state index in [-0.39, 0.29) is 149 Å². The number of carboxylic acid groups (broad SMARTS) is 2. The molecule has 131 heavy (non-hydrogen) atoms. The second-order valence-electron chi connectivity index (χ2n) is 25.1. The summed E-state index contributed by atoms with van der Waals surface area (Å²) < 4.78 is 233. The summed E-state index contributed by atoms with van der Waals surface area (Å²) in [4.78, 5) is 136. The molecule has 0 aliphatic heterocycles. The summed E-state index contributed by atoms with van der Waals surface area (Å²) in [5.74, 6) is -7.05. The van der Waals surface area contributed by atoms with Crippen LogP contribution in [-0.2, 0) is 107 Å². The van der Waals surface area contributed by atoms with Crippen molar-refractivity contribution in [1.82, 2.24) is 29.6 Å². The molecule has 0 saturated heterocycles. The third-order valence-electron chi connectivity index (χ3n) is 14.2. The maximum absolute atomic E-state index is 13.3. The number of halogens is 17. The number of amides is 6. The summed E-state index contributed by atoms with van der Waals surface area (Å²) in [6, 6.07) is 20.1. The molecule has 8 N–H and O–H groups in total. The van der Waals surface area contributed by atoms with Crippen LogP contribution in [0.1, 0.15) is 169 Å². The van der Waals surface area contributed by atoms with Gasteiger partial charge in [0.05, 0.1) is 73.1 Å². The predicted molar refractivity (Wildman–Crippen MR) is 454 cm³/mol. The Morgan fingerprint density at radius 1 is 0.504 bits per heavy atom. The molecule has 57 heteroatoms. The van der Waals surface area contributed by atoms with Gasteiger partial charge in [-0.3, -0.25) is 58.6 Å². The number of hydrogen-bond donors (Lipinski definition) is 6. The molecule has 0 saturated carbocycles. The van der Waals surface area contributed by atoms with Gasteiger partial charge >= 0.3 is 105 Å². The van der Waals surface area contributed by atoms with Gasteiger partial charge in [-0.2, -0.15) is 82.7 Å². The van der Waals surface area contributed by atoms with Crippen molar-refractivity contribution >= 4 is 195 Å². The Morgan fingerprint density at radius 2 is 0.786 bits per heavy atom. The van der Waals surface area contributed by atoms with Crippen LogP contribution >= 0.6 is 51.3 Å². The summed E-state index contributed by atoms with van der Waals surface area (Å²) in [6.45, 7) is 4.69. The summed E-state index contributed by atoms with van der Waals surface area (Å²) in [7, 11) is 5.37. The molecular formula is C74H81BrClF15N12Na2O20S4V2. The molecular weight excluding hydrogens is 2050 g/mol. The fourth-order valence-corrected chi connectivity index (χ4v) is 10.3. The number of nitrogens with one attached hydrogen (secondary N) is 2. The first kappa shape index (κ1) is 133. The fourth-order valence-electron chi connectivity index (χ4n) is 8.70. The minimum atomic E-state index is -4.82. The van der Waals surface area contributed by atoms with E-state index in [4.69, 9.17) is 48.0 Å². The molecule has 6 amide bonds. The van der Waals surface area contributed by atoms with E-state index in [0.29, 0.717) is 34.3 Å². The molecule has 8 rings (SSSR count). The number of thiazole rings is 2. The van der Waals surface area contributed by atoms with Crippen LogP contribution in [0.3, 0.4) is 0 Å². The Kier molecular flexibility index (Phi) is 61.7. The number of rotatable bonds is 17. The number of nitrogens with two attached hydrogens (primary N) is 2. The number of aromatic carboxylic acids is 1. The summed E-state index contributed by atoms with van der Waals surface area (Å²) >= 11 is 9.60. The van der Waals surface area contributed by atoms with Crippen LogP contribution in [-0.4, -0.2) is 226 Å². The molecule has 0 aliphatic rings. The topological polar surface area (TPSA) is 473 Å². The number of benzene rings is 6. The van der Waals surface area contributed by atoms with Crippen molar-refractivity contribution in [2.24, 2.45) is 5.73 Å². The van der Waals surface area contributed by atoms with Gasteiger partial charge in [0, 0.05) is 176 Å². The second kappa shape index (κ2) is 60.9. The Bertz CT molecular complexity index is 5380. The number of nitrogens with zero attached hydrogens (tertiary/aromatic N) is 8. The number of nitrogen functional groups attached to an aromatic ring is 1. The van der Waals surface area contributed by atoms with Crippen LogP contribution in [0.4, 0.5) is 94.3 Å². The summed E-state index contributed by atoms with van der Waals surface area (Å²) in [5.41, 5.74) is 2.59. The number of ether oxygens (including phenoxy) is 1. The molecule has 8 aromatic rings. The number of anilines is 3. The van der Waals surface area contributed by atoms with Crippen LogP contribution in [0.15, 0.2) is 134 Å². The molecule has 0 fully saturated rings. The molecule has 6 aromatic carbocycles. The van der Waals surface area contributed by atoms with E-state index < -0.39 is 157 Å². The Morgan fingerprint density at radius 3 is 1.08 bits per heavy atom. The maximum atomic E-state index is 13.3. The van der Waals surface area contributed by atoms with Crippen molar-refractivity contribution < 1.29 is 188 Å². The van der Waals surface area contributed by atoms with E-state index in [1.807, 2.05) is 30.3 Å². The van der Waals surface area contributed by atoms with Crippen molar-refractivity contribution in [3.8, 4) is 0 Å². The monoisotopic (exact) mass is 2130 g/mol. The van der Waals surface area contributed by atoms with E-state index in [1.165, 1.54) is 142 Å². The number of non-ortho nitro benzene ring substituents is 2. The van der Waals surface area contributed by atoms with E-state index in [2.05, 4.69) is 32.2 Å². The van der Waals surface area contributed by atoms with Crippen LogP contribution < -0.4 is 22.1 Å². The zero-order valence-electron chi connectivity index (χ0n) is 69.2. The van der Waals surface area contributed by atoms with Gasteiger partial charge < -0.3 is 56.7 Å². The molecule has 2 radical (unpaired) electrons. The predicted octanol–water partition coefficient (Wildman–Crippen LogP) is 15.8. The van der Waals surface area contributed by atoms with Gasteiger partial charge in [-0.05, 0) is 79.2 Å². The second-order valence-corrected chi connectivity index (χ2v) is 29.7. The zero-order valence-corrected chi connectivity index (χ0v) is 81.8. The van der Waals surface area contributed by atoms with E-state index in [1.54, 1.807) is 13.8 Å². The van der Waals surface area contributed by atoms with Crippen molar-refractivity contribution in [1.29, 1.82) is 0 Å². The van der Waals surface area contributed by atoms with Gasteiger partial charge in [-0.1, -0.05) is 52.1 Å². The van der Waals surface area contributed by atoms with Gasteiger partial charge in [-0.25, -0.2) is 14.8 Å². The van der Waals surface area contributed by atoms with Gasteiger partial charge in [-0.15, -0.1) is 51.3 Å². The molecule has 0 bridgehead atoms. The summed E-state index contributed by atoms with van der Waals surface area (Å²) in [5, 5.41) is 42.6. The van der Waals surface area contributed by atoms with E-state index in [0.717, 1.165) is 92.3 Å². The molecule has 2 atom stereocenters. The third-order valence-corrected chi connectivity index (χ3v) is 17.5. The normalized spacial score (nSPS) is 10.7. The number of alkyl halides is 16. The Hall–Kier alpha value is -9.10. The first-order valence-corrected chi connectivity index (χ1v) is 47.4. The number of aromatic nitrogens is 2. The number of nitro benzene ring substituents is 2. The first-order chi connectivity index (χ1) is 57.8. The fraction of sp³-hybridized carbons (Fsp3) is 0.311. The maximum Gasteiger partial charge on any atom is 0 e. The number of carboxylic acids is 2. The van der Waals surface area contributed by atoms with Gasteiger partial charge in [0.2, 0.25) is 0 Å². The molecule has 712 valence electrons. The van der Waals surface area contributed by atoms with Crippen molar-refractivity contribution in [3.63, 3.8) is 0 Å². The zero-order chi connectivity index (χ0) is 97.9. The SMILES string of the molecule is Br.C.C.CC(=O)O.CC(CC(=O)OCc1ccccc1)c1ncc(C(=O)Nc2cc(C(=O)N(C)C)cc(C(F)(F)F)c2)s1.CC(N)c1ncc(C(=O)Nc2cc(C(=O)N(C)C)cc(C(F)(F)F)c2)s1.CCl.CN(C)C(=O)c1cc(N)cc(C(F)(F)F)c1.CN(C)C(=O)c1cc([N+](=O)[O-])cc(C(F)(F)F)c1.O=C(O)c1cc([N+](=O)[O-])cc(C(F)(F)F)c1.O=S(=O)=S(=O)=O.[Na][Na].[V].[V]. The Balaban J connectivity index is -0.000000367.